The fourth-order valence-corrected chi connectivity index (χ4v) is 2.52. The number of nitrogens with one attached hydrogen (secondary N) is 2. The largest absolute Gasteiger partial charge is 0.480 e. The molecule has 15 heavy (non-hydrogen) atoms. The maximum atomic E-state index is 11.6. The van der Waals surface area contributed by atoms with Crippen LogP contribution >= 0.6 is 0 Å². The van der Waals surface area contributed by atoms with E-state index in [-0.39, 0.29) is 5.03 Å². The lowest BCUT2D eigenvalue weighted by atomic mass is 10.3. The summed E-state index contributed by atoms with van der Waals surface area (Å²) >= 11 is 0. The quantitative estimate of drug-likeness (QED) is 0.634. The van der Waals surface area contributed by atoms with E-state index in [9.17, 15) is 13.2 Å². The average molecular weight is 231 g/mol. The predicted octanol–water partition coefficient (Wildman–Crippen LogP) is -0.695. The van der Waals surface area contributed by atoms with Crippen LogP contribution in [0.5, 0.6) is 0 Å². The molecule has 0 aromatic carbocycles. The van der Waals surface area contributed by atoms with Crippen LogP contribution in [0.15, 0.2) is 17.3 Å². The number of carboxylic acid groups (broad SMARTS) is 1. The summed E-state index contributed by atoms with van der Waals surface area (Å²) in [5.74, 6) is -1.15. The summed E-state index contributed by atoms with van der Waals surface area (Å²) in [4.78, 5) is 10.8. The molecule has 0 spiro atoms. The van der Waals surface area contributed by atoms with Gasteiger partial charge in [-0.1, -0.05) is 0 Å². The monoisotopic (exact) mass is 231 g/mol. The van der Waals surface area contributed by atoms with Gasteiger partial charge in [-0.25, -0.2) is 8.42 Å². The normalized spacial score (nSPS) is 18.7. The Morgan fingerprint density at radius 3 is 2.67 bits per heavy atom. The molecule has 8 heteroatoms. The number of rotatable bonds is 4. The Balaban J connectivity index is 2.23. The Morgan fingerprint density at radius 1 is 1.60 bits per heavy atom. The molecule has 1 saturated carbocycles. The predicted molar refractivity (Wildman–Crippen MR) is 48.5 cm³/mol. The standard InChI is InChI=1S/C7H9N3O4S/c11-6(12)7(2-3-7)10-15(13,14)5-1-4-8-9-5/h1,4,10H,2-3H2,(H,8,9)(H,11,12). The van der Waals surface area contributed by atoms with E-state index in [2.05, 4.69) is 14.9 Å². The van der Waals surface area contributed by atoms with Gasteiger partial charge in [-0.3, -0.25) is 9.89 Å². The van der Waals surface area contributed by atoms with Crippen LogP contribution in [0.25, 0.3) is 0 Å². The average Bonchev–Trinajstić information content (AvgIpc) is 2.72. The van der Waals surface area contributed by atoms with Gasteiger partial charge in [-0.15, -0.1) is 0 Å². The van der Waals surface area contributed by atoms with E-state index < -0.39 is 21.5 Å². The van der Waals surface area contributed by atoms with Gasteiger partial charge in [0.05, 0.1) is 6.20 Å². The van der Waals surface area contributed by atoms with Crippen LogP contribution in [-0.4, -0.2) is 35.2 Å². The molecule has 0 unspecified atom stereocenters. The van der Waals surface area contributed by atoms with Crippen molar-refractivity contribution in [3.05, 3.63) is 12.3 Å². The smallest absolute Gasteiger partial charge is 0.324 e. The molecule has 0 aliphatic heterocycles. The molecule has 1 aromatic rings. The van der Waals surface area contributed by atoms with Crippen molar-refractivity contribution < 1.29 is 18.3 Å². The maximum Gasteiger partial charge on any atom is 0.324 e. The zero-order chi connectivity index (χ0) is 11.1. The number of sulfonamides is 1. The number of hydrogen-bond acceptors (Lipinski definition) is 4. The van der Waals surface area contributed by atoms with Crippen LogP contribution in [-0.2, 0) is 14.8 Å². The molecule has 0 radical (unpaired) electrons. The summed E-state index contributed by atoms with van der Waals surface area (Å²) in [6.45, 7) is 0. The van der Waals surface area contributed by atoms with Gasteiger partial charge in [0.1, 0.15) is 5.54 Å². The minimum atomic E-state index is -3.81. The number of aromatic amines is 1. The van der Waals surface area contributed by atoms with Gasteiger partial charge < -0.3 is 5.11 Å². The number of H-pyrrole nitrogens is 1. The second-order valence-corrected chi connectivity index (χ2v) is 5.06. The highest BCUT2D eigenvalue weighted by Gasteiger charge is 2.53. The third-order valence-corrected chi connectivity index (χ3v) is 3.72. The minimum Gasteiger partial charge on any atom is -0.480 e. The number of carbonyl (C=O) groups is 1. The van der Waals surface area contributed by atoms with Gasteiger partial charge in [-0.05, 0) is 18.9 Å². The topological polar surface area (TPSA) is 112 Å². The summed E-state index contributed by atoms with van der Waals surface area (Å²) in [7, 11) is -3.81. The highest BCUT2D eigenvalue weighted by molar-refractivity contribution is 7.89. The lowest BCUT2D eigenvalue weighted by Crippen LogP contribution is -2.43. The number of hydrogen-bond donors (Lipinski definition) is 3. The maximum absolute atomic E-state index is 11.6. The van der Waals surface area contributed by atoms with E-state index in [1.54, 1.807) is 0 Å². The second kappa shape index (κ2) is 3.04. The van der Waals surface area contributed by atoms with Crippen molar-refractivity contribution in [2.75, 3.05) is 0 Å². The Kier molecular flexibility index (Phi) is 2.05. The summed E-state index contributed by atoms with van der Waals surface area (Å²) in [5.41, 5.74) is -1.32. The molecule has 2 rings (SSSR count). The Labute approximate surface area is 85.5 Å². The van der Waals surface area contributed by atoms with Crippen molar-refractivity contribution in [1.29, 1.82) is 0 Å². The lowest BCUT2D eigenvalue weighted by molar-refractivity contribution is -0.140. The number of carboxylic acids is 1. The molecule has 1 fully saturated rings. The number of aliphatic carboxylic acids is 1. The van der Waals surface area contributed by atoms with E-state index in [1.807, 2.05) is 0 Å². The molecule has 1 aromatic heterocycles. The minimum absolute atomic E-state index is 0.130. The SMILES string of the molecule is O=C(O)C1(NS(=O)(=O)c2ccn[nH]2)CC1. The molecule has 82 valence electrons. The first-order valence-electron chi connectivity index (χ1n) is 4.23. The third-order valence-electron chi connectivity index (χ3n) is 2.25. The summed E-state index contributed by atoms with van der Waals surface area (Å²) in [6.07, 6.45) is 1.92. The first-order chi connectivity index (χ1) is 6.96. The van der Waals surface area contributed by atoms with Crippen molar-refractivity contribution in [3.63, 3.8) is 0 Å². The summed E-state index contributed by atoms with van der Waals surface area (Å²) < 4.78 is 25.4. The zero-order valence-electron chi connectivity index (χ0n) is 7.60. The molecule has 1 aliphatic rings. The van der Waals surface area contributed by atoms with Gasteiger partial charge in [-0.2, -0.15) is 9.82 Å². The van der Waals surface area contributed by atoms with E-state index in [1.165, 1.54) is 12.3 Å². The molecule has 0 saturated heterocycles. The zero-order valence-corrected chi connectivity index (χ0v) is 8.41. The first kappa shape index (κ1) is 10.1. The third kappa shape index (κ3) is 1.73. The van der Waals surface area contributed by atoms with Gasteiger partial charge in [0.2, 0.25) is 0 Å². The second-order valence-electron chi connectivity index (χ2n) is 3.41. The molecule has 0 atom stereocenters. The number of aromatic nitrogens is 2. The van der Waals surface area contributed by atoms with Crippen LogP contribution in [0.2, 0.25) is 0 Å². The van der Waals surface area contributed by atoms with E-state index in [0.717, 1.165) is 0 Å². The van der Waals surface area contributed by atoms with Crippen molar-refractivity contribution >= 4 is 16.0 Å². The van der Waals surface area contributed by atoms with Gasteiger partial charge in [0.25, 0.3) is 10.0 Å². The molecule has 1 aliphatic carbocycles. The Morgan fingerprint density at radius 2 is 2.27 bits per heavy atom. The fraction of sp³-hybridized carbons (Fsp3) is 0.429. The van der Waals surface area contributed by atoms with Gasteiger partial charge in [0, 0.05) is 0 Å². The molecular weight excluding hydrogens is 222 g/mol. The molecule has 0 bridgehead atoms. The van der Waals surface area contributed by atoms with Gasteiger partial charge in [0.15, 0.2) is 5.03 Å². The molecule has 7 nitrogen and oxygen atoms in total. The van der Waals surface area contributed by atoms with Crippen LogP contribution in [0.3, 0.4) is 0 Å². The summed E-state index contributed by atoms with van der Waals surface area (Å²) in [5, 5.41) is 14.4. The highest BCUT2D eigenvalue weighted by Crippen LogP contribution is 2.36. The van der Waals surface area contributed by atoms with Crippen molar-refractivity contribution in [3.8, 4) is 0 Å². The lowest BCUT2D eigenvalue weighted by Gasteiger charge is -2.11. The van der Waals surface area contributed by atoms with E-state index in [4.69, 9.17) is 5.11 Å². The molecule has 0 amide bonds. The number of nitrogens with zero attached hydrogens (tertiary/aromatic N) is 1. The fourth-order valence-electron chi connectivity index (χ4n) is 1.19. The van der Waals surface area contributed by atoms with Crippen molar-refractivity contribution in [2.24, 2.45) is 0 Å². The molecule has 3 N–H and O–H groups in total. The summed E-state index contributed by atoms with van der Waals surface area (Å²) in [6, 6.07) is 1.26. The van der Waals surface area contributed by atoms with E-state index >= 15 is 0 Å². The van der Waals surface area contributed by atoms with Crippen molar-refractivity contribution in [2.45, 2.75) is 23.4 Å². The van der Waals surface area contributed by atoms with Crippen LogP contribution < -0.4 is 4.72 Å². The Bertz CT molecular complexity index is 474. The van der Waals surface area contributed by atoms with E-state index in [0.29, 0.717) is 12.8 Å². The Hall–Kier alpha value is -1.41. The van der Waals surface area contributed by atoms with Gasteiger partial charge >= 0.3 is 5.97 Å². The highest BCUT2D eigenvalue weighted by atomic mass is 32.2. The first-order valence-corrected chi connectivity index (χ1v) is 5.71. The molecule has 1 heterocycles. The van der Waals surface area contributed by atoms with Crippen LogP contribution in [0.1, 0.15) is 12.8 Å². The molecular formula is C7H9N3O4S. The van der Waals surface area contributed by atoms with Crippen LogP contribution in [0.4, 0.5) is 0 Å². The van der Waals surface area contributed by atoms with Crippen molar-refractivity contribution in [1.82, 2.24) is 14.9 Å². The van der Waals surface area contributed by atoms with Crippen LogP contribution in [0, 0.1) is 0 Å².